The van der Waals surface area contributed by atoms with Gasteiger partial charge < -0.3 is 0 Å². The summed E-state index contributed by atoms with van der Waals surface area (Å²) in [6.45, 7) is 4.51. The highest BCUT2D eigenvalue weighted by molar-refractivity contribution is 4.39. The van der Waals surface area contributed by atoms with Crippen LogP contribution in [-0.2, 0) is 0 Å². The first-order valence-corrected chi connectivity index (χ1v) is 4.25. The van der Waals surface area contributed by atoms with Crippen LogP contribution in [-0.4, -0.2) is 0 Å². The zero-order chi connectivity index (χ0) is 8.24. The molecule has 10 heavy (non-hydrogen) atoms. The molecule has 0 spiro atoms. The lowest BCUT2D eigenvalue weighted by Gasteiger charge is -1.93. The van der Waals surface area contributed by atoms with Gasteiger partial charge in [-0.3, -0.25) is 11.7 Å². The van der Waals surface area contributed by atoms with E-state index in [4.69, 9.17) is 0 Å². The summed E-state index contributed by atoms with van der Waals surface area (Å²) in [5.41, 5.74) is 0. The largest absolute Gasteiger partial charge is 0.274 e. The molecular formula is C8H22N2. The maximum absolute atomic E-state index is 4.00. The number of nitrogens with two attached hydrogens (primary N) is 2. The molecule has 0 aliphatic heterocycles. The lowest BCUT2D eigenvalue weighted by atomic mass is 10.1. The minimum atomic E-state index is 1.36. The van der Waals surface area contributed by atoms with Gasteiger partial charge in [0.05, 0.1) is 0 Å². The second kappa shape index (κ2) is 16.0. The Labute approximate surface area is 64.9 Å². The third kappa shape index (κ3) is 15.7. The monoisotopic (exact) mass is 146 g/mol. The van der Waals surface area contributed by atoms with Crippen LogP contribution in [0.25, 0.3) is 0 Å². The van der Waals surface area contributed by atoms with Crippen molar-refractivity contribution in [3.63, 3.8) is 0 Å². The van der Waals surface area contributed by atoms with Crippen LogP contribution < -0.4 is 11.7 Å². The minimum Gasteiger partial charge on any atom is -0.274 e. The van der Waals surface area contributed by atoms with Gasteiger partial charge in [0.15, 0.2) is 0 Å². The standard InChI is InChI=1S/C8H18.H4N2/c1-3-5-7-8-6-4-2;1-2/h3-8H2,1-2H3;1-2H2. The summed E-state index contributed by atoms with van der Waals surface area (Å²) >= 11 is 0. The first kappa shape index (κ1) is 12.6. The van der Waals surface area contributed by atoms with E-state index in [1.165, 1.54) is 38.5 Å². The van der Waals surface area contributed by atoms with Gasteiger partial charge >= 0.3 is 0 Å². The zero-order valence-corrected chi connectivity index (χ0v) is 7.40. The fourth-order valence-electron chi connectivity index (χ4n) is 0.854. The summed E-state index contributed by atoms with van der Waals surface area (Å²) in [6.07, 6.45) is 8.49. The van der Waals surface area contributed by atoms with Gasteiger partial charge in [0.1, 0.15) is 0 Å². The Kier molecular flexibility index (Phi) is 20.1. The molecule has 0 saturated heterocycles. The van der Waals surface area contributed by atoms with Crippen molar-refractivity contribution in [1.29, 1.82) is 0 Å². The number of hydrazine groups is 1. The van der Waals surface area contributed by atoms with Gasteiger partial charge in [-0.25, -0.2) is 0 Å². The molecule has 64 valence electrons. The molecule has 0 heterocycles. The van der Waals surface area contributed by atoms with E-state index >= 15 is 0 Å². The van der Waals surface area contributed by atoms with E-state index in [-0.39, 0.29) is 0 Å². The molecule has 2 heteroatoms. The van der Waals surface area contributed by atoms with Crippen molar-refractivity contribution in [1.82, 2.24) is 0 Å². The molecule has 0 amide bonds. The molecule has 0 aromatic heterocycles. The maximum Gasteiger partial charge on any atom is -0.0533 e. The molecular weight excluding hydrogens is 124 g/mol. The summed E-state index contributed by atoms with van der Waals surface area (Å²) in [5, 5.41) is 0. The molecule has 0 fully saturated rings. The van der Waals surface area contributed by atoms with E-state index in [1.807, 2.05) is 0 Å². The molecule has 0 radical (unpaired) electrons. The van der Waals surface area contributed by atoms with E-state index in [2.05, 4.69) is 25.5 Å². The topological polar surface area (TPSA) is 52.0 Å². The predicted octanol–water partition coefficient (Wildman–Crippen LogP) is 2.19. The lowest BCUT2D eigenvalue weighted by molar-refractivity contribution is 0.624. The third-order valence-electron chi connectivity index (χ3n) is 1.46. The van der Waals surface area contributed by atoms with E-state index in [1.54, 1.807) is 0 Å². The summed E-state index contributed by atoms with van der Waals surface area (Å²) in [7, 11) is 0. The van der Waals surface area contributed by atoms with Crippen molar-refractivity contribution in [3.05, 3.63) is 0 Å². The van der Waals surface area contributed by atoms with Crippen LogP contribution >= 0.6 is 0 Å². The quantitative estimate of drug-likeness (QED) is 0.355. The number of hydrogen-bond donors (Lipinski definition) is 2. The van der Waals surface area contributed by atoms with E-state index in [0.29, 0.717) is 0 Å². The smallest absolute Gasteiger partial charge is 0.0533 e. The zero-order valence-electron chi connectivity index (χ0n) is 7.40. The predicted molar refractivity (Wildman–Crippen MR) is 47.4 cm³/mol. The van der Waals surface area contributed by atoms with Crippen LogP contribution in [0.1, 0.15) is 52.4 Å². The Hall–Kier alpha value is -0.0800. The van der Waals surface area contributed by atoms with Gasteiger partial charge in [-0.05, 0) is 0 Å². The number of hydrogen-bond acceptors (Lipinski definition) is 2. The van der Waals surface area contributed by atoms with Gasteiger partial charge in [0.25, 0.3) is 0 Å². The highest BCUT2D eigenvalue weighted by atomic mass is 15.0. The van der Waals surface area contributed by atoms with Crippen molar-refractivity contribution in [2.45, 2.75) is 52.4 Å². The average molecular weight is 146 g/mol. The highest BCUT2D eigenvalue weighted by Gasteiger charge is 1.83. The fraction of sp³-hybridized carbons (Fsp3) is 1.00. The van der Waals surface area contributed by atoms with Crippen molar-refractivity contribution in [3.8, 4) is 0 Å². The van der Waals surface area contributed by atoms with Gasteiger partial charge in [-0.1, -0.05) is 52.4 Å². The number of unbranched alkanes of at least 4 members (excludes halogenated alkanes) is 5. The van der Waals surface area contributed by atoms with Crippen LogP contribution in [0.4, 0.5) is 0 Å². The molecule has 0 unspecified atom stereocenters. The average Bonchev–Trinajstić information content (AvgIpc) is 2.02. The lowest BCUT2D eigenvalue weighted by Crippen LogP contribution is -2.02. The van der Waals surface area contributed by atoms with Crippen molar-refractivity contribution >= 4 is 0 Å². The SMILES string of the molecule is CCCCCCCC.NN. The van der Waals surface area contributed by atoms with Crippen LogP contribution in [0.2, 0.25) is 0 Å². The van der Waals surface area contributed by atoms with Crippen molar-refractivity contribution in [2.24, 2.45) is 11.7 Å². The van der Waals surface area contributed by atoms with Gasteiger partial charge in [-0.15, -0.1) is 0 Å². The van der Waals surface area contributed by atoms with Crippen LogP contribution in [0.15, 0.2) is 0 Å². The Balaban J connectivity index is 0. The van der Waals surface area contributed by atoms with E-state index < -0.39 is 0 Å². The Morgan fingerprint density at radius 2 is 1.00 bits per heavy atom. The highest BCUT2D eigenvalue weighted by Crippen LogP contribution is 2.03. The van der Waals surface area contributed by atoms with Crippen LogP contribution in [0.3, 0.4) is 0 Å². The summed E-state index contributed by atoms with van der Waals surface area (Å²) in [5.74, 6) is 8.00. The van der Waals surface area contributed by atoms with E-state index in [0.717, 1.165) is 0 Å². The van der Waals surface area contributed by atoms with Gasteiger partial charge in [-0.2, -0.15) is 0 Å². The van der Waals surface area contributed by atoms with Gasteiger partial charge in [0, 0.05) is 0 Å². The Morgan fingerprint density at radius 1 is 0.700 bits per heavy atom. The van der Waals surface area contributed by atoms with Crippen LogP contribution in [0, 0.1) is 0 Å². The first-order chi connectivity index (χ1) is 4.91. The molecule has 0 aromatic rings. The van der Waals surface area contributed by atoms with E-state index in [9.17, 15) is 0 Å². The summed E-state index contributed by atoms with van der Waals surface area (Å²) in [4.78, 5) is 0. The third-order valence-corrected chi connectivity index (χ3v) is 1.46. The van der Waals surface area contributed by atoms with Crippen LogP contribution in [0.5, 0.6) is 0 Å². The number of rotatable bonds is 5. The van der Waals surface area contributed by atoms with Crippen molar-refractivity contribution in [2.75, 3.05) is 0 Å². The molecule has 0 atom stereocenters. The first-order valence-electron chi connectivity index (χ1n) is 4.25. The normalized spacial score (nSPS) is 8.40. The summed E-state index contributed by atoms with van der Waals surface area (Å²) < 4.78 is 0. The summed E-state index contributed by atoms with van der Waals surface area (Å²) in [6, 6.07) is 0. The molecule has 0 rings (SSSR count). The molecule has 0 saturated carbocycles. The second-order valence-electron chi connectivity index (χ2n) is 2.41. The second-order valence-corrected chi connectivity index (χ2v) is 2.41. The molecule has 4 N–H and O–H groups in total. The van der Waals surface area contributed by atoms with Crippen molar-refractivity contribution < 1.29 is 0 Å². The molecule has 2 nitrogen and oxygen atoms in total. The minimum absolute atomic E-state index is 1.36. The molecule has 0 aromatic carbocycles. The molecule has 0 aliphatic carbocycles. The van der Waals surface area contributed by atoms with Gasteiger partial charge in [0.2, 0.25) is 0 Å². The maximum atomic E-state index is 4.00. The molecule has 0 aliphatic rings. The Morgan fingerprint density at radius 3 is 1.20 bits per heavy atom. The Bertz CT molecular complexity index is 32.2. The fourth-order valence-corrected chi connectivity index (χ4v) is 0.854. The molecule has 0 bridgehead atoms.